The van der Waals surface area contributed by atoms with E-state index < -0.39 is 11.9 Å². The Balaban J connectivity index is 2.81. The highest BCUT2D eigenvalue weighted by molar-refractivity contribution is 14.1. The molecule has 0 fully saturated rings. The van der Waals surface area contributed by atoms with Crippen molar-refractivity contribution in [3.05, 3.63) is 46.5 Å². The van der Waals surface area contributed by atoms with Crippen molar-refractivity contribution in [2.45, 2.75) is 6.18 Å². The van der Waals surface area contributed by atoms with E-state index in [9.17, 15) is 13.2 Å². The molecule has 10 heteroatoms. The number of aromatic nitrogens is 1. The van der Waals surface area contributed by atoms with Crippen LogP contribution in [0.25, 0.3) is 11.3 Å². The van der Waals surface area contributed by atoms with E-state index in [-0.39, 0.29) is 36.4 Å². The van der Waals surface area contributed by atoms with Crippen molar-refractivity contribution in [1.82, 2.24) is 4.98 Å². The molecule has 1 aromatic carbocycles. The lowest BCUT2D eigenvalue weighted by Gasteiger charge is -2.14. The number of halogens is 9. The predicted octanol–water partition coefficient (Wildman–Crippen LogP) is 7.64. The van der Waals surface area contributed by atoms with Gasteiger partial charge in [-0.1, -0.05) is 58.0 Å². The molecule has 0 atom stereocenters. The first kappa shape index (κ1) is 18.7. The molecule has 0 spiro atoms. The molecule has 1 aromatic heterocycles. The van der Waals surface area contributed by atoms with Gasteiger partial charge in [-0.3, -0.25) is 0 Å². The van der Waals surface area contributed by atoms with Gasteiger partial charge < -0.3 is 0 Å². The first-order valence-corrected chi connectivity index (χ1v) is 8.27. The Bertz CT molecular complexity index is 734. The second-order valence-electron chi connectivity index (χ2n) is 4.00. The first-order valence-electron chi connectivity index (χ1n) is 5.30. The molecule has 0 bridgehead atoms. The number of pyridine rings is 1. The summed E-state index contributed by atoms with van der Waals surface area (Å²) in [6.07, 6.45) is -4.62. The lowest BCUT2D eigenvalue weighted by atomic mass is 10.1. The van der Waals surface area contributed by atoms with Crippen molar-refractivity contribution >= 4 is 80.6 Å². The van der Waals surface area contributed by atoms with Crippen LogP contribution in [0.1, 0.15) is 5.69 Å². The zero-order valence-corrected chi connectivity index (χ0v) is 15.9. The summed E-state index contributed by atoms with van der Waals surface area (Å²) in [6, 6.07) is 2.27. The molecule has 0 unspecified atom stereocenters. The van der Waals surface area contributed by atoms with Crippen molar-refractivity contribution in [3.63, 3.8) is 0 Å². The fourth-order valence-electron chi connectivity index (χ4n) is 1.60. The van der Waals surface area contributed by atoms with Crippen molar-refractivity contribution in [3.8, 4) is 11.3 Å². The SMILES string of the molecule is FC(F)(F)c1cc(I)cc(-c2c(Cl)c(Cl)c(Cl)c(Cl)c2Cl)n1. The summed E-state index contributed by atoms with van der Waals surface area (Å²) in [4.78, 5) is 3.55. The minimum Gasteiger partial charge on any atom is -0.243 e. The topological polar surface area (TPSA) is 12.9 Å². The maximum atomic E-state index is 12.9. The molecule has 0 amide bonds. The van der Waals surface area contributed by atoms with Crippen molar-refractivity contribution < 1.29 is 13.2 Å². The van der Waals surface area contributed by atoms with Gasteiger partial charge in [-0.2, -0.15) is 13.2 Å². The predicted molar refractivity (Wildman–Crippen MR) is 92.4 cm³/mol. The van der Waals surface area contributed by atoms with E-state index in [1.807, 2.05) is 0 Å². The normalized spacial score (nSPS) is 11.9. The van der Waals surface area contributed by atoms with Gasteiger partial charge in [-0.05, 0) is 34.7 Å². The van der Waals surface area contributed by atoms with Gasteiger partial charge in [-0.15, -0.1) is 0 Å². The zero-order valence-electron chi connectivity index (χ0n) is 10.0. The molecule has 1 nitrogen and oxygen atoms in total. The fraction of sp³-hybridized carbons (Fsp3) is 0.0833. The van der Waals surface area contributed by atoms with Gasteiger partial charge in [0, 0.05) is 9.13 Å². The third-order valence-electron chi connectivity index (χ3n) is 2.55. The highest BCUT2D eigenvalue weighted by atomic mass is 127. The summed E-state index contributed by atoms with van der Waals surface area (Å²) in [5.41, 5.74) is -1.19. The summed E-state index contributed by atoms with van der Waals surface area (Å²) in [7, 11) is 0. The Labute approximate surface area is 161 Å². The molecule has 2 aromatic rings. The number of benzene rings is 1. The zero-order chi connectivity index (χ0) is 16.8. The number of rotatable bonds is 1. The van der Waals surface area contributed by atoms with Crippen LogP contribution in [0.3, 0.4) is 0 Å². The third kappa shape index (κ3) is 3.54. The highest BCUT2D eigenvalue weighted by Crippen LogP contribution is 2.48. The van der Waals surface area contributed by atoms with Crippen LogP contribution in [-0.4, -0.2) is 4.98 Å². The highest BCUT2D eigenvalue weighted by Gasteiger charge is 2.34. The molecule has 0 radical (unpaired) electrons. The van der Waals surface area contributed by atoms with Crippen LogP contribution in [0.4, 0.5) is 13.2 Å². The number of hydrogen-bond donors (Lipinski definition) is 0. The average Bonchev–Trinajstić information content (AvgIpc) is 2.42. The Kier molecular flexibility index (Phi) is 5.68. The Hall–Kier alpha value is 0.340. The van der Waals surface area contributed by atoms with Gasteiger partial charge in [0.25, 0.3) is 0 Å². The Morgan fingerprint density at radius 2 is 1.27 bits per heavy atom. The summed E-state index contributed by atoms with van der Waals surface area (Å²) in [5, 5.41) is -0.542. The van der Waals surface area contributed by atoms with E-state index in [2.05, 4.69) is 4.98 Å². The van der Waals surface area contributed by atoms with Crippen LogP contribution in [-0.2, 0) is 6.18 Å². The average molecular weight is 521 g/mol. The van der Waals surface area contributed by atoms with Gasteiger partial charge in [0.15, 0.2) is 0 Å². The maximum absolute atomic E-state index is 12.9. The Morgan fingerprint density at radius 1 is 0.818 bits per heavy atom. The summed E-state index contributed by atoms with van der Waals surface area (Å²) < 4.78 is 38.9. The molecule has 0 N–H and O–H groups in total. The van der Waals surface area contributed by atoms with Crippen molar-refractivity contribution in [2.75, 3.05) is 0 Å². The third-order valence-corrected chi connectivity index (χ3v) is 5.45. The van der Waals surface area contributed by atoms with Gasteiger partial charge in [-0.25, -0.2) is 4.98 Å². The lowest BCUT2D eigenvalue weighted by Crippen LogP contribution is -2.09. The Morgan fingerprint density at radius 3 is 1.73 bits per heavy atom. The van der Waals surface area contributed by atoms with Gasteiger partial charge in [0.05, 0.1) is 30.8 Å². The number of nitrogens with zero attached hydrogens (tertiary/aromatic N) is 1. The monoisotopic (exact) mass is 519 g/mol. The lowest BCUT2D eigenvalue weighted by molar-refractivity contribution is -0.141. The molecule has 0 aliphatic carbocycles. The molecular weight excluding hydrogens is 519 g/mol. The van der Waals surface area contributed by atoms with Gasteiger partial charge in [0.2, 0.25) is 0 Å². The van der Waals surface area contributed by atoms with E-state index in [1.54, 1.807) is 22.6 Å². The van der Waals surface area contributed by atoms with Crippen LogP contribution in [0.15, 0.2) is 12.1 Å². The van der Waals surface area contributed by atoms with Crippen LogP contribution in [0.2, 0.25) is 25.1 Å². The molecule has 22 heavy (non-hydrogen) atoms. The molecule has 1 heterocycles. The van der Waals surface area contributed by atoms with Gasteiger partial charge in [0.1, 0.15) is 5.69 Å². The largest absolute Gasteiger partial charge is 0.433 e. The molecule has 0 aliphatic heterocycles. The summed E-state index contributed by atoms with van der Waals surface area (Å²) >= 11 is 31.5. The standard InChI is InChI=1S/C12H2Cl5F3IN/c13-7-6(8(14)10(16)11(17)9(7)15)4-1-3(21)2-5(22-4)12(18,19)20/h1-2H. The maximum Gasteiger partial charge on any atom is 0.433 e. The molecule has 0 aliphatic rings. The summed E-state index contributed by atoms with van der Waals surface area (Å²) in [5.74, 6) is 0. The van der Waals surface area contributed by atoms with Crippen LogP contribution >= 0.6 is 80.6 Å². The molecular formula is C12H2Cl5F3IN. The molecule has 2 rings (SSSR count). The quantitative estimate of drug-likeness (QED) is 0.214. The van der Waals surface area contributed by atoms with Crippen molar-refractivity contribution in [1.29, 1.82) is 0 Å². The van der Waals surface area contributed by atoms with Crippen LogP contribution in [0.5, 0.6) is 0 Å². The fourth-order valence-corrected chi connectivity index (χ4v) is 3.52. The molecule has 118 valence electrons. The number of hydrogen-bond acceptors (Lipinski definition) is 1. The smallest absolute Gasteiger partial charge is 0.243 e. The molecule has 0 saturated heterocycles. The van der Waals surface area contributed by atoms with Crippen LogP contribution < -0.4 is 0 Å². The number of alkyl halides is 3. The second-order valence-corrected chi connectivity index (χ2v) is 7.13. The first-order chi connectivity index (χ1) is 10.0. The van der Waals surface area contributed by atoms with Gasteiger partial charge >= 0.3 is 6.18 Å². The van der Waals surface area contributed by atoms with Crippen molar-refractivity contribution in [2.24, 2.45) is 0 Å². The van der Waals surface area contributed by atoms with E-state index >= 15 is 0 Å². The minimum absolute atomic E-state index is 0.00764. The summed E-state index contributed by atoms with van der Waals surface area (Å²) in [6.45, 7) is 0. The minimum atomic E-state index is -4.62. The van der Waals surface area contributed by atoms with E-state index in [0.717, 1.165) is 6.07 Å². The molecule has 0 saturated carbocycles. The van der Waals surface area contributed by atoms with Crippen LogP contribution in [0, 0.1) is 3.57 Å². The van der Waals surface area contributed by atoms with E-state index in [4.69, 9.17) is 58.0 Å². The second kappa shape index (κ2) is 6.69. The van der Waals surface area contributed by atoms with E-state index in [1.165, 1.54) is 6.07 Å². The van der Waals surface area contributed by atoms with E-state index in [0.29, 0.717) is 3.57 Å².